The van der Waals surface area contributed by atoms with Gasteiger partial charge in [-0.2, -0.15) is 0 Å². The highest BCUT2D eigenvalue weighted by Gasteiger charge is 2.14. The Kier molecular flexibility index (Phi) is 9.34. The van der Waals surface area contributed by atoms with E-state index in [1.165, 1.54) is 0 Å². The van der Waals surface area contributed by atoms with Crippen LogP contribution in [-0.4, -0.2) is 15.0 Å². The molecule has 0 N–H and O–H groups in total. The molecule has 1 heterocycles. The summed E-state index contributed by atoms with van der Waals surface area (Å²) in [5, 5.41) is 0. The average molecular weight is 787 g/mol. The first kappa shape index (κ1) is 32.5. The molecule has 1 aromatic heterocycles. The fourth-order valence-corrected chi connectivity index (χ4v) is 6.59. The van der Waals surface area contributed by atoms with E-state index in [4.69, 9.17) is 15.0 Å². The minimum Gasteiger partial charge on any atom is -0.311 e. The minimum absolute atomic E-state index is 0.634. The van der Waals surface area contributed by atoms with Gasteiger partial charge in [0.25, 0.3) is 0 Å². The maximum absolute atomic E-state index is 4.90. The standard InChI is InChI=1S/C45H30Br2N4/c46-38-22-18-35(19-23-38)45-49-43(33-8-3-1-4-9-33)48-44(50-45)34-16-14-31(15-17-34)36-10-7-11-37(30-36)32-20-26-41(27-21-32)51(40-12-5-2-6-13-40)42-28-24-39(47)25-29-42/h1-30H. The molecule has 0 atom stereocenters. The Labute approximate surface area is 314 Å². The summed E-state index contributed by atoms with van der Waals surface area (Å²) in [4.78, 5) is 16.9. The maximum Gasteiger partial charge on any atom is 0.164 e. The Balaban J connectivity index is 1.08. The van der Waals surface area contributed by atoms with Crippen molar-refractivity contribution in [1.82, 2.24) is 15.0 Å². The van der Waals surface area contributed by atoms with Crippen molar-refractivity contribution in [3.8, 4) is 56.4 Å². The predicted molar refractivity (Wildman–Crippen MR) is 217 cm³/mol. The molecule has 0 amide bonds. The Hall–Kier alpha value is -5.69. The normalized spacial score (nSPS) is 10.9. The van der Waals surface area contributed by atoms with E-state index >= 15 is 0 Å². The molecule has 7 aromatic carbocycles. The van der Waals surface area contributed by atoms with E-state index in [1.807, 2.05) is 60.7 Å². The summed E-state index contributed by atoms with van der Waals surface area (Å²) < 4.78 is 2.06. The van der Waals surface area contributed by atoms with Crippen molar-refractivity contribution in [2.45, 2.75) is 0 Å². The first-order chi connectivity index (χ1) is 25.1. The Morgan fingerprint density at radius 1 is 0.294 bits per heavy atom. The predicted octanol–water partition coefficient (Wildman–Crippen LogP) is 13.2. The van der Waals surface area contributed by atoms with Gasteiger partial charge in [-0.25, -0.2) is 15.0 Å². The summed E-state index contributed by atoms with van der Waals surface area (Å²) in [5.74, 6) is 1.91. The lowest BCUT2D eigenvalue weighted by Crippen LogP contribution is -2.09. The molecular formula is C45H30Br2N4. The van der Waals surface area contributed by atoms with Gasteiger partial charge in [0.05, 0.1) is 0 Å². The molecule has 244 valence electrons. The third-order valence-electron chi connectivity index (χ3n) is 8.67. The molecule has 0 bridgehead atoms. The fraction of sp³-hybridized carbons (Fsp3) is 0. The number of nitrogens with zero attached hydrogens (tertiary/aromatic N) is 4. The summed E-state index contributed by atoms with van der Waals surface area (Å²) in [7, 11) is 0. The summed E-state index contributed by atoms with van der Waals surface area (Å²) in [6.07, 6.45) is 0. The van der Waals surface area contributed by atoms with Gasteiger partial charge in [-0.3, -0.25) is 0 Å². The molecule has 8 rings (SSSR count). The quantitative estimate of drug-likeness (QED) is 0.154. The van der Waals surface area contributed by atoms with Crippen molar-refractivity contribution in [1.29, 1.82) is 0 Å². The first-order valence-corrected chi connectivity index (χ1v) is 18.2. The van der Waals surface area contributed by atoms with Gasteiger partial charge in [0.15, 0.2) is 17.5 Å². The molecule has 0 saturated heterocycles. The van der Waals surface area contributed by atoms with Gasteiger partial charge in [-0.1, -0.05) is 147 Å². The maximum atomic E-state index is 4.90. The number of anilines is 3. The van der Waals surface area contributed by atoms with Crippen LogP contribution in [0.1, 0.15) is 0 Å². The number of hydrogen-bond donors (Lipinski definition) is 0. The lowest BCUT2D eigenvalue weighted by Gasteiger charge is -2.25. The van der Waals surface area contributed by atoms with Crippen LogP contribution in [0, 0.1) is 0 Å². The largest absolute Gasteiger partial charge is 0.311 e. The second-order valence-electron chi connectivity index (χ2n) is 12.0. The number of halogens is 2. The summed E-state index contributed by atoms with van der Waals surface area (Å²) in [5.41, 5.74) is 10.7. The highest BCUT2D eigenvalue weighted by atomic mass is 79.9. The van der Waals surface area contributed by atoms with Crippen molar-refractivity contribution in [3.05, 3.63) is 191 Å². The third kappa shape index (κ3) is 7.29. The number of aromatic nitrogens is 3. The SMILES string of the molecule is Brc1ccc(-c2nc(-c3ccccc3)nc(-c3ccc(-c4cccc(-c5ccc(N(c6ccccc6)c6ccc(Br)cc6)cc5)c4)cc3)n2)cc1. The van der Waals surface area contributed by atoms with Crippen LogP contribution in [0.2, 0.25) is 0 Å². The van der Waals surface area contributed by atoms with Crippen LogP contribution < -0.4 is 4.90 Å². The van der Waals surface area contributed by atoms with Gasteiger partial charge < -0.3 is 4.90 Å². The zero-order valence-corrected chi connectivity index (χ0v) is 30.5. The van der Waals surface area contributed by atoms with E-state index in [0.717, 1.165) is 65.0 Å². The molecule has 0 fully saturated rings. The van der Waals surface area contributed by atoms with E-state index in [9.17, 15) is 0 Å². The number of hydrogen-bond acceptors (Lipinski definition) is 4. The zero-order valence-electron chi connectivity index (χ0n) is 27.4. The van der Waals surface area contributed by atoms with Gasteiger partial charge >= 0.3 is 0 Å². The molecule has 51 heavy (non-hydrogen) atoms. The first-order valence-electron chi connectivity index (χ1n) is 16.6. The van der Waals surface area contributed by atoms with Gasteiger partial charge in [0.2, 0.25) is 0 Å². The van der Waals surface area contributed by atoms with Crippen LogP contribution in [0.15, 0.2) is 191 Å². The van der Waals surface area contributed by atoms with E-state index in [1.54, 1.807) is 0 Å². The summed E-state index contributed by atoms with van der Waals surface area (Å²) in [6, 6.07) is 62.8. The smallest absolute Gasteiger partial charge is 0.164 e. The van der Waals surface area contributed by atoms with Gasteiger partial charge in [0.1, 0.15) is 0 Å². The highest BCUT2D eigenvalue weighted by Crippen LogP contribution is 2.37. The van der Waals surface area contributed by atoms with Crippen molar-refractivity contribution < 1.29 is 0 Å². The second-order valence-corrected chi connectivity index (χ2v) is 13.9. The van der Waals surface area contributed by atoms with Crippen molar-refractivity contribution in [3.63, 3.8) is 0 Å². The minimum atomic E-state index is 0.634. The van der Waals surface area contributed by atoms with Crippen LogP contribution in [0.25, 0.3) is 56.4 Å². The number of para-hydroxylation sites is 1. The topological polar surface area (TPSA) is 41.9 Å². The number of rotatable bonds is 8. The van der Waals surface area contributed by atoms with Crippen LogP contribution in [-0.2, 0) is 0 Å². The molecule has 8 aromatic rings. The molecule has 4 nitrogen and oxygen atoms in total. The van der Waals surface area contributed by atoms with Crippen molar-refractivity contribution >= 4 is 48.9 Å². The van der Waals surface area contributed by atoms with E-state index in [2.05, 4.69) is 158 Å². The summed E-state index contributed by atoms with van der Waals surface area (Å²) >= 11 is 7.11. The average Bonchev–Trinajstić information content (AvgIpc) is 3.20. The molecule has 0 aliphatic rings. The molecule has 0 aliphatic carbocycles. The lowest BCUT2D eigenvalue weighted by molar-refractivity contribution is 1.07. The lowest BCUT2D eigenvalue weighted by atomic mass is 9.98. The molecule has 0 aliphatic heterocycles. The third-order valence-corrected chi connectivity index (χ3v) is 9.72. The Morgan fingerprint density at radius 2 is 0.627 bits per heavy atom. The molecule has 6 heteroatoms. The monoisotopic (exact) mass is 784 g/mol. The summed E-state index contributed by atoms with van der Waals surface area (Å²) in [6.45, 7) is 0. The van der Waals surface area contributed by atoms with E-state index in [0.29, 0.717) is 17.5 Å². The Bertz CT molecular complexity index is 2400. The molecule has 0 unspecified atom stereocenters. The van der Waals surface area contributed by atoms with Crippen LogP contribution in [0.5, 0.6) is 0 Å². The van der Waals surface area contributed by atoms with Gasteiger partial charge in [-0.05, 0) is 89.0 Å². The fourth-order valence-electron chi connectivity index (χ4n) is 6.06. The van der Waals surface area contributed by atoms with Gasteiger partial charge in [-0.15, -0.1) is 0 Å². The van der Waals surface area contributed by atoms with E-state index < -0.39 is 0 Å². The highest BCUT2D eigenvalue weighted by molar-refractivity contribution is 9.10. The van der Waals surface area contributed by atoms with Crippen molar-refractivity contribution in [2.75, 3.05) is 4.90 Å². The van der Waals surface area contributed by atoms with Crippen LogP contribution >= 0.6 is 31.9 Å². The van der Waals surface area contributed by atoms with Crippen molar-refractivity contribution in [2.24, 2.45) is 0 Å². The molecule has 0 radical (unpaired) electrons. The second kappa shape index (κ2) is 14.7. The van der Waals surface area contributed by atoms with Crippen LogP contribution in [0.3, 0.4) is 0 Å². The van der Waals surface area contributed by atoms with Crippen LogP contribution in [0.4, 0.5) is 17.1 Å². The van der Waals surface area contributed by atoms with Gasteiger partial charge in [0, 0.05) is 42.7 Å². The zero-order chi connectivity index (χ0) is 34.6. The molecule has 0 spiro atoms. The Morgan fingerprint density at radius 3 is 1.14 bits per heavy atom. The molecular weight excluding hydrogens is 756 g/mol. The van der Waals surface area contributed by atoms with E-state index in [-0.39, 0.29) is 0 Å². The molecule has 0 saturated carbocycles. The number of benzene rings is 7.